The minimum absolute atomic E-state index is 0.780. The van der Waals surface area contributed by atoms with E-state index < -0.39 is 0 Å². The van der Waals surface area contributed by atoms with Crippen molar-refractivity contribution < 1.29 is 0 Å². The van der Waals surface area contributed by atoms with Crippen LogP contribution in [-0.2, 0) is 0 Å². The fraction of sp³-hybridized carbons (Fsp3) is 1.00. The van der Waals surface area contributed by atoms with Gasteiger partial charge in [-0.1, -0.05) is 19.3 Å². The van der Waals surface area contributed by atoms with E-state index in [2.05, 4.69) is 17.3 Å². The van der Waals surface area contributed by atoms with Crippen molar-refractivity contribution in [2.24, 2.45) is 0 Å². The molecule has 2 saturated heterocycles. The third kappa shape index (κ3) is 2.48. The number of rotatable bonds is 1. The first-order valence-electron chi connectivity index (χ1n) is 6.31. The number of likely N-dealkylation sites (N-methyl/N-ethyl adjacent to an activating group) is 1. The molecule has 2 atom stereocenters. The standard InChI is InChI=1S/C12H24N2/c1-14-10-6-4-8-12(14)11-7-3-2-5-9-13-11/h11-13H,2-10H2,1H3/t11-,12+/m0/s1. The molecule has 2 heterocycles. The Labute approximate surface area is 88.1 Å². The van der Waals surface area contributed by atoms with E-state index in [0.29, 0.717) is 0 Å². The molecule has 0 unspecified atom stereocenters. The van der Waals surface area contributed by atoms with Gasteiger partial charge in [-0.05, 0) is 45.8 Å². The lowest BCUT2D eigenvalue weighted by molar-refractivity contribution is 0.142. The van der Waals surface area contributed by atoms with Crippen molar-refractivity contribution in [2.75, 3.05) is 20.1 Å². The zero-order valence-corrected chi connectivity index (χ0v) is 9.47. The highest BCUT2D eigenvalue weighted by Crippen LogP contribution is 2.22. The van der Waals surface area contributed by atoms with E-state index in [4.69, 9.17) is 0 Å². The summed E-state index contributed by atoms with van der Waals surface area (Å²) >= 11 is 0. The second-order valence-corrected chi connectivity index (χ2v) is 4.95. The van der Waals surface area contributed by atoms with E-state index in [0.717, 1.165) is 12.1 Å². The summed E-state index contributed by atoms with van der Waals surface area (Å²) in [4.78, 5) is 2.58. The fourth-order valence-corrected chi connectivity index (χ4v) is 2.99. The van der Waals surface area contributed by atoms with Crippen LogP contribution in [0.1, 0.15) is 44.9 Å². The summed E-state index contributed by atoms with van der Waals surface area (Å²) in [5.74, 6) is 0. The molecule has 0 aromatic rings. The van der Waals surface area contributed by atoms with Crippen molar-refractivity contribution in [3.8, 4) is 0 Å². The molecule has 0 radical (unpaired) electrons. The predicted octanol–water partition coefficient (Wildman–Crippen LogP) is 2.00. The number of hydrogen-bond donors (Lipinski definition) is 1. The minimum Gasteiger partial charge on any atom is -0.312 e. The summed E-state index contributed by atoms with van der Waals surface area (Å²) in [6.07, 6.45) is 9.89. The largest absolute Gasteiger partial charge is 0.312 e. The van der Waals surface area contributed by atoms with Gasteiger partial charge in [0.1, 0.15) is 0 Å². The zero-order chi connectivity index (χ0) is 9.80. The summed E-state index contributed by atoms with van der Waals surface area (Å²) in [7, 11) is 2.30. The van der Waals surface area contributed by atoms with Crippen molar-refractivity contribution >= 4 is 0 Å². The Kier molecular flexibility index (Phi) is 3.82. The Morgan fingerprint density at radius 1 is 1.00 bits per heavy atom. The average Bonchev–Trinajstić information content (AvgIpc) is 2.47. The molecule has 14 heavy (non-hydrogen) atoms. The van der Waals surface area contributed by atoms with Crippen LogP contribution in [-0.4, -0.2) is 37.1 Å². The van der Waals surface area contributed by atoms with Gasteiger partial charge in [-0.25, -0.2) is 0 Å². The summed E-state index contributed by atoms with van der Waals surface area (Å²) < 4.78 is 0. The highest BCUT2D eigenvalue weighted by atomic mass is 15.2. The van der Waals surface area contributed by atoms with E-state index in [1.807, 2.05) is 0 Å². The molecule has 2 rings (SSSR count). The Balaban J connectivity index is 1.90. The van der Waals surface area contributed by atoms with Gasteiger partial charge in [-0.3, -0.25) is 0 Å². The van der Waals surface area contributed by atoms with Crippen LogP contribution in [0.4, 0.5) is 0 Å². The summed E-state index contributed by atoms with van der Waals surface area (Å²) in [6.45, 7) is 2.55. The Morgan fingerprint density at radius 3 is 2.71 bits per heavy atom. The second kappa shape index (κ2) is 5.13. The number of piperidine rings is 1. The summed E-state index contributed by atoms with van der Waals surface area (Å²) in [5.41, 5.74) is 0. The summed E-state index contributed by atoms with van der Waals surface area (Å²) in [5, 5.41) is 3.74. The third-order valence-electron chi connectivity index (χ3n) is 3.89. The van der Waals surface area contributed by atoms with Crippen LogP contribution in [0.2, 0.25) is 0 Å². The normalized spacial score (nSPS) is 36.6. The van der Waals surface area contributed by atoms with Crippen LogP contribution in [0, 0.1) is 0 Å². The van der Waals surface area contributed by atoms with Gasteiger partial charge in [-0.15, -0.1) is 0 Å². The smallest absolute Gasteiger partial charge is 0.0246 e. The molecule has 2 aliphatic rings. The van der Waals surface area contributed by atoms with Crippen LogP contribution in [0.25, 0.3) is 0 Å². The number of hydrogen-bond acceptors (Lipinski definition) is 2. The first-order chi connectivity index (χ1) is 6.88. The molecule has 2 aliphatic heterocycles. The fourth-order valence-electron chi connectivity index (χ4n) is 2.99. The SMILES string of the molecule is CN1CCCC[C@@H]1[C@@H]1CCCCCN1. The molecule has 2 heteroatoms. The maximum absolute atomic E-state index is 3.74. The van der Waals surface area contributed by atoms with Gasteiger partial charge in [0.15, 0.2) is 0 Å². The molecule has 0 amide bonds. The lowest BCUT2D eigenvalue weighted by Gasteiger charge is -2.38. The summed E-state index contributed by atoms with van der Waals surface area (Å²) in [6, 6.07) is 1.60. The van der Waals surface area contributed by atoms with Crippen molar-refractivity contribution in [3.05, 3.63) is 0 Å². The average molecular weight is 196 g/mol. The molecule has 0 spiro atoms. The van der Waals surface area contributed by atoms with Gasteiger partial charge in [0.25, 0.3) is 0 Å². The third-order valence-corrected chi connectivity index (χ3v) is 3.89. The van der Waals surface area contributed by atoms with E-state index >= 15 is 0 Å². The van der Waals surface area contributed by atoms with E-state index in [1.165, 1.54) is 58.0 Å². The number of nitrogens with one attached hydrogen (secondary N) is 1. The van der Waals surface area contributed by atoms with Gasteiger partial charge in [0.05, 0.1) is 0 Å². The maximum atomic E-state index is 3.74. The Bertz CT molecular complexity index is 162. The molecule has 0 saturated carbocycles. The number of nitrogens with zero attached hydrogens (tertiary/aromatic N) is 1. The van der Waals surface area contributed by atoms with Crippen molar-refractivity contribution in [1.29, 1.82) is 0 Å². The molecule has 0 aromatic heterocycles. The Hall–Kier alpha value is -0.0800. The zero-order valence-electron chi connectivity index (χ0n) is 9.47. The molecule has 0 bridgehead atoms. The van der Waals surface area contributed by atoms with Gasteiger partial charge < -0.3 is 10.2 Å². The van der Waals surface area contributed by atoms with Crippen LogP contribution >= 0.6 is 0 Å². The van der Waals surface area contributed by atoms with Gasteiger partial charge in [-0.2, -0.15) is 0 Å². The van der Waals surface area contributed by atoms with E-state index in [1.54, 1.807) is 0 Å². The first-order valence-corrected chi connectivity index (χ1v) is 6.31. The maximum Gasteiger partial charge on any atom is 0.0246 e. The lowest BCUT2D eigenvalue weighted by atomic mass is 9.93. The van der Waals surface area contributed by atoms with Crippen LogP contribution < -0.4 is 5.32 Å². The molecule has 0 aliphatic carbocycles. The van der Waals surface area contributed by atoms with E-state index in [9.17, 15) is 0 Å². The topological polar surface area (TPSA) is 15.3 Å². The van der Waals surface area contributed by atoms with Crippen molar-refractivity contribution in [3.63, 3.8) is 0 Å². The quantitative estimate of drug-likeness (QED) is 0.690. The first kappa shape index (κ1) is 10.4. The van der Waals surface area contributed by atoms with E-state index in [-0.39, 0.29) is 0 Å². The number of likely N-dealkylation sites (tertiary alicyclic amines) is 1. The molecular weight excluding hydrogens is 172 g/mol. The molecular formula is C12H24N2. The molecule has 2 nitrogen and oxygen atoms in total. The monoisotopic (exact) mass is 196 g/mol. The highest BCUT2D eigenvalue weighted by molar-refractivity contribution is 4.87. The second-order valence-electron chi connectivity index (χ2n) is 4.95. The van der Waals surface area contributed by atoms with Crippen LogP contribution in [0.3, 0.4) is 0 Å². The Morgan fingerprint density at radius 2 is 1.86 bits per heavy atom. The minimum atomic E-state index is 0.780. The van der Waals surface area contributed by atoms with Crippen molar-refractivity contribution in [1.82, 2.24) is 10.2 Å². The van der Waals surface area contributed by atoms with Gasteiger partial charge in [0.2, 0.25) is 0 Å². The van der Waals surface area contributed by atoms with Crippen molar-refractivity contribution in [2.45, 2.75) is 57.0 Å². The predicted molar refractivity (Wildman–Crippen MR) is 60.5 cm³/mol. The lowest BCUT2D eigenvalue weighted by Crippen LogP contribution is -2.50. The molecule has 1 N–H and O–H groups in total. The van der Waals surface area contributed by atoms with Gasteiger partial charge in [0, 0.05) is 12.1 Å². The molecule has 82 valence electrons. The molecule has 2 fully saturated rings. The molecule has 0 aromatic carbocycles. The van der Waals surface area contributed by atoms with Gasteiger partial charge >= 0.3 is 0 Å². The van der Waals surface area contributed by atoms with Crippen LogP contribution in [0.5, 0.6) is 0 Å². The highest BCUT2D eigenvalue weighted by Gasteiger charge is 2.27. The van der Waals surface area contributed by atoms with Crippen LogP contribution in [0.15, 0.2) is 0 Å².